The molecule has 0 spiro atoms. The summed E-state index contributed by atoms with van der Waals surface area (Å²) in [6, 6.07) is 1.42. The maximum Gasteiger partial charge on any atom is 0.246 e. The second kappa shape index (κ2) is 6.95. The van der Waals surface area contributed by atoms with Crippen molar-refractivity contribution in [2.75, 3.05) is 11.5 Å². The Balaban J connectivity index is 1.53. The highest BCUT2D eigenvalue weighted by Gasteiger charge is 2.21. The molecule has 22 heavy (non-hydrogen) atoms. The number of carbonyl (C=O) groups excluding carboxylic acids is 1. The average Bonchev–Trinajstić information content (AvgIpc) is 3.24. The zero-order chi connectivity index (χ0) is 15.4. The summed E-state index contributed by atoms with van der Waals surface area (Å²) in [5.74, 6) is 3.77. The van der Waals surface area contributed by atoms with Crippen LogP contribution in [-0.4, -0.2) is 37.3 Å². The average molecular weight is 321 g/mol. The summed E-state index contributed by atoms with van der Waals surface area (Å²) >= 11 is 1.96. The molecule has 2 aromatic rings. The first kappa shape index (κ1) is 15.1. The predicted octanol–water partition coefficient (Wildman–Crippen LogP) is 1.75. The first-order valence-electron chi connectivity index (χ1n) is 7.41. The van der Waals surface area contributed by atoms with Gasteiger partial charge in [-0.25, -0.2) is 0 Å². The van der Waals surface area contributed by atoms with Gasteiger partial charge in [-0.15, -0.1) is 0 Å². The van der Waals surface area contributed by atoms with Crippen molar-refractivity contribution in [1.29, 1.82) is 0 Å². The predicted molar refractivity (Wildman–Crippen MR) is 82.4 cm³/mol. The fraction of sp³-hybridized carbons (Fsp3) is 0.571. The lowest BCUT2D eigenvalue weighted by Gasteiger charge is -2.17. The molecule has 1 aliphatic heterocycles. The van der Waals surface area contributed by atoms with Crippen LogP contribution in [0.25, 0.3) is 0 Å². The highest BCUT2D eigenvalue weighted by atomic mass is 32.2. The Morgan fingerprint density at radius 3 is 3.09 bits per heavy atom. The van der Waals surface area contributed by atoms with Gasteiger partial charge < -0.3 is 9.84 Å². The topological polar surface area (TPSA) is 85.8 Å². The summed E-state index contributed by atoms with van der Waals surface area (Å²) in [7, 11) is 0. The summed E-state index contributed by atoms with van der Waals surface area (Å²) in [5.41, 5.74) is 0. The summed E-state index contributed by atoms with van der Waals surface area (Å²) in [5, 5.41) is 10.9. The van der Waals surface area contributed by atoms with Gasteiger partial charge in [-0.1, -0.05) is 5.16 Å². The molecular formula is C14H19N5O2S. The molecular weight excluding hydrogens is 302 g/mol. The third kappa shape index (κ3) is 3.49. The van der Waals surface area contributed by atoms with Gasteiger partial charge >= 0.3 is 0 Å². The molecule has 3 rings (SSSR count). The molecule has 0 aromatic carbocycles. The van der Waals surface area contributed by atoms with Crippen LogP contribution in [0.1, 0.15) is 43.4 Å². The molecule has 3 heterocycles. The van der Waals surface area contributed by atoms with Crippen molar-refractivity contribution in [2.45, 2.75) is 38.3 Å². The first-order chi connectivity index (χ1) is 10.7. The molecule has 2 aromatic heterocycles. The fourth-order valence-corrected chi connectivity index (χ4v) is 3.51. The van der Waals surface area contributed by atoms with Crippen molar-refractivity contribution in [3.63, 3.8) is 0 Å². The van der Waals surface area contributed by atoms with E-state index in [0.717, 1.165) is 30.2 Å². The maximum absolute atomic E-state index is 12.1. The van der Waals surface area contributed by atoms with Crippen molar-refractivity contribution < 1.29 is 9.32 Å². The quantitative estimate of drug-likeness (QED) is 0.903. The second-order valence-corrected chi connectivity index (χ2v) is 6.54. The van der Waals surface area contributed by atoms with E-state index in [-0.39, 0.29) is 18.5 Å². The van der Waals surface area contributed by atoms with Crippen molar-refractivity contribution in [2.24, 2.45) is 0 Å². The van der Waals surface area contributed by atoms with E-state index in [0.29, 0.717) is 11.8 Å². The van der Waals surface area contributed by atoms with E-state index in [4.69, 9.17) is 4.52 Å². The van der Waals surface area contributed by atoms with Crippen LogP contribution in [0.15, 0.2) is 23.0 Å². The standard InChI is InChI=1S/C14H19N5O2S/c1-10(19-6-2-5-16-19)14(20)15-9-12-17-13(18-21-12)11-3-7-22-8-4-11/h2,5-6,10-11H,3-4,7-9H2,1H3,(H,15,20)/t10-/m1/s1. The van der Waals surface area contributed by atoms with Crippen LogP contribution in [0.2, 0.25) is 0 Å². The SMILES string of the molecule is C[C@H](C(=O)NCc1nc(C2CCSCC2)no1)n1cccn1. The summed E-state index contributed by atoms with van der Waals surface area (Å²) < 4.78 is 6.84. The number of nitrogens with one attached hydrogen (secondary N) is 1. The summed E-state index contributed by atoms with van der Waals surface area (Å²) in [6.45, 7) is 2.04. The van der Waals surface area contributed by atoms with E-state index >= 15 is 0 Å². The molecule has 1 aliphatic rings. The van der Waals surface area contributed by atoms with Gasteiger partial charge in [0.25, 0.3) is 0 Å². The fourth-order valence-electron chi connectivity index (χ4n) is 2.40. The zero-order valence-corrected chi connectivity index (χ0v) is 13.3. The number of hydrogen-bond acceptors (Lipinski definition) is 6. The van der Waals surface area contributed by atoms with Crippen LogP contribution in [0, 0.1) is 0 Å². The first-order valence-corrected chi connectivity index (χ1v) is 8.56. The van der Waals surface area contributed by atoms with Gasteiger partial charge in [0.2, 0.25) is 11.8 Å². The van der Waals surface area contributed by atoms with Gasteiger partial charge in [-0.05, 0) is 37.3 Å². The van der Waals surface area contributed by atoms with E-state index in [9.17, 15) is 4.79 Å². The molecule has 0 radical (unpaired) electrons. The van der Waals surface area contributed by atoms with Crippen molar-refractivity contribution in [3.8, 4) is 0 Å². The van der Waals surface area contributed by atoms with Crippen LogP contribution in [0.3, 0.4) is 0 Å². The van der Waals surface area contributed by atoms with E-state index < -0.39 is 0 Å². The normalized spacial score (nSPS) is 17.3. The molecule has 0 aliphatic carbocycles. The lowest BCUT2D eigenvalue weighted by atomic mass is 10.0. The molecule has 118 valence electrons. The van der Waals surface area contributed by atoms with Gasteiger partial charge in [0.05, 0.1) is 6.54 Å². The highest BCUT2D eigenvalue weighted by Crippen LogP contribution is 2.29. The van der Waals surface area contributed by atoms with Crippen LogP contribution in [0.4, 0.5) is 0 Å². The number of carbonyl (C=O) groups is 1. The molecule has 0 bridgehead atoms. The number of nitrogens with zero attached hydrogens (tertiary/aromatic N) is 4. The Morgan fingerprint density at radius 2 is 2.36 bits per heavy atom. The van der Waals surface area contributed by atoms with Gasteiger partial charge in [0, 0.05) is 18.3 Å². The number of thioether (sulfide) groups is 1. The van der Waals surface area contributed by atoms with Gasteiger partial charge in [-0.2, -0.15) is 21.8 Å². The number of aromatic nitrogens is 4. The molecule has 1 saturated heterocycles. The summed E-state index contributed by atoms with van der Waals surface area (Å²) in [6.07, 6.45) is 5.59. The molecule has 1 atom stereocenters. The minimum atomic E-state index is -0.368. The van der Waals surface area contributed by atoms with E-state index in [1.54, 1.807) is 30.1 Å². The monoisotopic (exact) mass is 321 g/mol. The lowest BCUT2D eigenvalue weighted by molar-refractivity contribution is -0.124. The molecule has 1 amide bonds. The van der Waals surface area contributed by atoms with E-state index in [1.165, 1.54) is 0 Å². The molecule has 8 heteroatoms. The minimum Gasteiger partial charge on any atom is -0.345 e. The van der Waals surface area contributed by atoms with Crippen LogP contribution in [-0.2, 0) is 11.3 Å². The van der Waals surface area contributed by atoms with Crippen molar-refractivity contribution in [3.05, 3.63) is 30.2 Å². The maximum atomic E-state index is 12.1. The molecule has 0 saturated carbocycles. The smallest absolute Gasteiger partial charge is 0.246 e. The molecule has 7 nitrogen and oxygen atoms in total. The third-order valence-corrected chi connectivity index (χ3v) is 4.83. The van der Waals surface area contributed by atoms with E-state index in [1.807, 2.05) is 11.8 Å². The Kier molecular flexibility index (Phi) is 4.77. The second-order valence-electron chi connectivity index (χ2n) is 5.31. The molecule has 0 unspecified atom stereocenters. The highest BCUT2D eigenvalue weighted by molar-refractivity contribution is 7.99. The Morgan fingerprint density at radius 1 is 1.55 bits per heavy atom. The van der Waals surface area contributed by atoms with Crippen molar-refractivity contribution in [1.82, 2.24) is 25.2 Å². The molecule has 1 N–H and O–H groups in total. The van der Waals surface area contributed by atoms with Crippen LogP contribution >= 0.6 is 11.8 Å². The van der Waals surface area contributed by atoms with Gasteiger partial charge in [0.15, 0.2) is 5.82 Å². The van der Waals surface area contributed by atoms with E-state index in [2.05, 4.69) is 20.6 Å². The number of amides is 1. The third-order valence-electron chi connectivity index (χ3n) is 3.79. The summed E-state index contributed by atoms with van der Waals surface area (Å²) in [4.78, 5) is 16.5. The number of hydrogen-bond donors (Lipinski definition) is 1. The van der Waals surface area contributed by atoms with Crippen LogP contribution < -0.4 is 5.32 Å². The lowest BCUT2D eigenvalue weighted by Crippen LogP contribution is -2.30. The van der Waals surface area contributed by atoms with Crippen LogP contribution in [0.5, 0.6) is 0 Å². The zero-order valence-electron chi connectivity index (χ0n) is 12.4. The largest absolute Gasteiger partial charge is 0.345 e. The molecule has 1 fully saturated rings. The Hall–Kier alpha value is -1.83. The van der Waals surface area contributed by atoms with Gasteiger partial charge in [0.1, 0.15) is 6.04 Å². The Labute approximate surface area is 132 Å². The van der Waals surface area contributed by atoms with Crippen molar-refractivity contribution >= 4 is 17.7 Å². The Bertz CT molecular complexity index is 607. The minimum absolute atomic E-state index is 0.127. The number of rotatable bonds is 5. The van der Waals surface area contributed by atoms with Gasteiger partial charge in [-0.3, -0.25) is 9.48 Å².